The van der Waals surface area contributed by atoms with Crippen LogP contribution >= 0.6 is 0 Å². The Morgan fingerprint density at radius 1 is 0.429 bits per heavy atom. The Balaban J connectivity index is 0.000000315. The number of nitrogens with zero attached hydrogens (tertiary/aromatic N) is 3. The van der Waals surface area contributed by atoms with Crippen molar-refractivity contribution in [3.63, 3.8) is 0 Å². The molecule has 3 heterocycles. The van der Waals surface area contributed by atoms with Crippen molar-refractivity contribution in [1.29, 1.82) is 0 Å². The molecule has 0 spiro atoms. The van der Waals surface area contributed by atoms with Gasteiger partial charge in [0.05, 0.1) is 5.52 Å². The Morgan fingerprint density at radius 3 is 1.98 bits per heavy atom. The zero-order valence-corrected chi connectivity index (χ0v) is 34.6. The third-order valence-electron chi connectivity index (χ3n) is 10.2. The molecule has 0 unspecified atom stereocenters. The summed E-state index contributed by atoms with van der Waals surface area (Å²) in [5.41, 5.74) is 18.2. The van der Waals surface area contributed by atoms with Crippen LogP contribution in [0.5, 0.6) is 0 Å². The molecule has 6 aromatic carbocycles. The number of aryl methyl sites for hydroxylation is 5. The van der Waals surface area contributed by atoms with Gasteiger partial charge < -0.3 is 9.97 Å². The van der Waals surface area contributed by atoms with Crippen LogP contribution in [0.25, 0.3) is 77.6 Å². The molecule has 0 saturated carbocycles. The number of fused-ring (bicyclic) bond motifs is 3. The first-order valence-electron chi connectivity index (χ1n) is 18.7. The molecular weight excluding hydrogens is 859 g/mol. The fourth-order valence-corrected chi connectivity index (χ4v) is 7.13. The minimum atomic E-state index is 0. The second-order valence-electron chi connectivity index (χ2n) is 14.3. The van der Waals surface area contributed by atoms with E-state index in [1.807, 2.05) is 60.9 Å². The zero-order chi connectivity index (χ0) is 37.9. The van der Waals surface area contributed by atoms with Crippen molar-refractivity contribution in [3.05, 3.63) is 198 Å². The van der Waals surface area contributed by atoms with E-state index in [0.29, 0.717) is 0 Å². The van der Waals surface area contributed by atoms with Gasteiger partial charge in [-0.15, -0.1) is 65.2 Å². The molecule has 4 heteroatoms. The van der Waals surface area contributed by atoms with Crippen LogP contribution in [0.15, 0.2) is 158 Å². The fraction of sp³-hybridized carbons (Fsp3) is 0.0962. The quantitative estimate of drug-likeness (QED) is 0.128. The topological polar surface area (TPSA) is 38.7 Å². The van der Waals surface area contributed by atoms with E-state index in [2.05, 4.69) is 143 Å². The summed E-state index contributed by atoms with van der Waals surface area (Å²) in [5.74, 6) is 0. The number of benzene rings is 6. The standard InChI is InChI=1S/C41H33N2.C11H8N.Ir/c1-25-8-6-9-30(16-25)32-19-33(37-22-31(13-12-27(37)3)40-18-28(4)29(5)24-43-40)21-34(20-32)38-23-41-36(10-7-15-42-41)35-14-11-26(2)17-39(35)38;1-2-6-10(7-3-1)11-8-4-5-9-12-11;/h6-12,14-24H,1-5H3;1-6,8-9H;/q2*-1;. The Labute approximate surface area is 343 Å². The molecule has 3 aromatic heterocycles. The maximum atomic E-state index is 4.77. The van der Waals surface area contributed by atoms with Gasteiger partial charge in [-0.05, 0) is 120 Å². The van der Waals surface area contributed by atoms with Crippen LogP contribution in [0.4, 0.5) is 0 Å². The van der Waals surface area contributed by atoms with Gasteiger partial charge in [0.2, 0.25) is 0 Å². The SMILES string of the molecule is Cc1cccc(-c2cc(-c3cc(-c4cc(C)c(C)cn4)[c-]cc3C)cc(-c3cc4ncccc4c4ccc(C)cc34)c2)c1.[Ir].[c-]1ccccc1-c1ccccn1. The van der Waals surface area contributed by atoms with Gasteiger partial charge in [-0.3, -0.25) is 4.98 Å². The molecule has 9 aromatic rings. The molecule has 275 valence electrons. The summed E-state index contributed by atoms with van der Waals surface area (Å²) in [6.45, 7) is 10.7. The maximum absolute atomic E-state index is 4.77. The molecule has 0 bridgehead atoms. The molecule has 3 nitrogen and oxygen atoms in total. The van der Waals surface area contributed by atoms with Crippen LogP contribution in [0.2, 0.25) is 0 Å². The van der Waals surface area contributed by atoms with E-state index in [1.54, 1.807) is 6.20 Å². The Bertz CT molecular complexity index is 2770. The third-order valence-corrected chi connectivity index (χ3v) is 10.2. The van der Waals surface area contributed by atoms with E-state index in [9.17, 15) is 0 Å². The normalized spacial score (nSPS) is 10.8. The zero-order valence-electron chi connectivity index (χ0n) is 32.2. The van der Waals surface area contributed by atoms with Crippen molar-refractivity contribution in [2.45, 2.75) is 34.6 Å². The van der Waals surface area contributed by atoms with Crippen molar-refractivity contribution in [3.8, 4) is 55.9 Å². The van der Waals surface area contributed by atoms with Crippen molar-refractivity contribution in [1.82, 2.24) is 15.0 Å². The molecule has 0 atom stereocenters. The van der Waals surface area contributed by atoms with Gasteiger partial charge in [0.15, 0.2) is 0 Å². The first-order valence-corrected chi connectivity index (χ1v) is 18.7. The van der Waals surface area contributed by atoms with Crippen LogP contribution in [0.3, 0.4) is 0 Å². The number of hydrogen-bond donors (Lipinski definition) is 0. The van der Waals surface area contributed by atoms with Crippen molar-refractivity contribution >= 4 is 21.7 Å². The predicted molar refractivity (Wildman–Crippen MR) is 230 cm³/mol. The van der Waals surface area contributed by atoms with Gasteiger partial charge >= 0.3 is 0 Å². The Kier molecular flexibility index (Phi) is 11.4. The maximum Gasteiger partial charge on any atom is 0.0714 e. The van der Waals surface area contributed by atoms with Gasteiger partial charge in [-0.25, -0.2) is 0 Å². The number of hydrogen-bond acceptors (Lipinski definition) is 3. The first-order chi connectivity index (χ1) is 26.8. The van der Waals surface area contributed by atoms with E-state index in [1.165, 1.54) is 77.4 Å². The van der Waals surface area contributed by atoms with Gasteiger partial charge in [0.1, 0.15) is 0 Å². The summed E-state index contributed by atoms with van der Waals surface area (Å²) in [7, 11) is 0. The van der Waals surface area contributed by atoms with E-state index in [4.69, 9.17) is 9.97 Å². The molecule has 56 heavy (non-hydrogen) atoms. The summed E-state index contributed by atoms with van der Waals surface area (Å²) in [6.07, 6.45) is 5.62. The van der Waals surface area contributed by atoms with E-state index in [-0.39, 0.29) is 20.1 Å². The largest absolute Gasteiger partial charge is 0.305 e. The minimum Gasteiger partial charge on any atom is -0.305 e. The first kappa shape index (κ1) is 38.2. The van der Waals surface area contributed by atoms with Gasteiger partial charge in [-0.2, -0.15) is 0 Å². The van der Waals surface area contributed by atoms with Crippen molar-refractivity contribution in [2.75, 3.05) is 0 Å². The predicted octanol–water partition coefficient (Wildman–Crippen LogP) is 13.3. The van der Waals surface area contributed by atoms with E-state index < -0.39 is 0 Å². The van der Waals surface area contributed by atoms with Crippen LogP contribution in [-0.4, -0.2) is 15.0 Å². The summed E-state index contributed by atoms with van der Waals surface area (Å²) in [6, 6.07) is 55.8. The molecule has 0 fully saturated rings. The number of pyridine rings is 3. The van der Waals surface area contributed by atoms with Gasteiger partial charge in [0, 0.05) is 44.1 Å². The molecule has 0 N–H and O–H groups in total. The fourth-order valence-electron chi connectivity index (χ4n) is 7.13. The van der Waals surface area contributed by atoms with E-state index >= 15 is 0 Å². The molecule has 0 aliphatic carbocycles. The van der Waals surface area contributed by atoms with Crippen LogP contribution in [0.1, 0.15) is 27.8 Å². The summed E-state index contributed by atoms with van der Waals surface area (Å²) >= 11 is 0. The van der Waals surface area contributed by atoms with Crippen molar-refractivity contribution in [2.24, 2.45) is 0 Å². The molecule has 0 amide bonds. The second kappa shape index (κ2) is 16.8. The Morgan fingerprint density at radius 2 is 1.21 bits per heavy atom. The average Bonchev–Trinajstić information content (AvgIpc) is 3.22. The summed E-state index contributed by atoms with van der Waals surface area (Å²) in [5, 5.41) is 3.64. The van der Waals surface area contributed by atoms with Gasteiger partial charge in [-0.1, -0.05) is 95.9 Å². The van der Waals surface area contributed by atoms with Crippen LogP contribution in [-0.2, 0) is 20.1 Å². The molecule has 0 saturated heterocycles. The Hall–Kier alpha value is -6.06. The molecule has 1 radical (unpaired) electrons. The summed E-state index contributed by atoms with van der Waals surface area (Å²) in [4.78, 5) is 13.7. The number of rotatable bonds is 5. The molecule has 9 rings (SSSR count). The smallest absolute Gasteiger partial charge is 0.0714 e. The molecule has 0 aliphatic rings. The van der Waals surface area contributed by atoms with Crippen LogP contribution in [0, 0.1) is 46.8 Å². The molecule has 0 aliphatic heterocycles. The van der Waals surface area contributed by atoms with Crippen LogP contribution < -0.4 is 0 Å². The summed E-state index contributed by atoms with van der Waals surface area (Å²) < 4.78 is 0. The minimum absolute atomic E-state index is 0. The second-order valence-corrected chi connectivity index (χ2v) is 14.3. The third kappa shape index (κ3) is 8.14. The average molecular weight is 900 g/mol. The molecular formula is C52H41IrN3-2. The van der Waals surface area contributed by atoms with E-state index in [0.717, 1.165) is 28.0 Å². The van der Waals surface area contributed by atoms with Crippen molar-refractivity contribution < 1.29 is 20.1 Å². The van der Waals surface area contributed by atoms with Gasteiger partial charge in [0.25, 0.3) is 0 Å². The monoisotopic (exact) mass is 900 g/mol. The number of aromatic nitrogens is 3.